The normalized spacial score (nSPS) is 10.2. The summed E-state index contributed by atoms with van der Waals surface area (Å²) in [6.45, 7) is 0.0373. The second-order valence-electron chi connectivity index (χ2n) is 5.64. The van der Waals surface area contributed by atoms with E-state index < -0.39 is 17.8 Å². The maximum Gasteiger partial charge on any atom is 0.337 e. The molecule has 2 aromatic carbocycles. The van der Waals surface area contributed by atoms with Crippen molar-refractivity contribution in [3.05, 3.63) is 71.0 Å². The molecule has 0 spiro atoms. The molecule has 6 heteroatoms. The van der Waals surface area contributed by atoms with Crippen molar-refractivity contribution < 1.29 is 28.2 Å². The Balaban J connectivity index is 1.74. The highest BCUT2D eigenvalue weighted by Crippen LogP contribution is 2.11. The van der Waals surface area contributed by atoms with Gasteiger partial charge in [0.15, 0.2) is 5.78 Å². The van der Waals surface area contributed by atoms with Gasteiger partial charge in [0.2, 0.25) is 0 Å². The van der Waals surface area contributed by atoms with E-state index in [0.717, 1.165) is 0 Å². The SMILES string of the molecule is COC(=O)c1cccc(COC(=O)CCCC(=O)c2ccc(F)cc2)c1. The zero-order valence-corrected chi connectivity index (χ0v) is 14.4. The van der Waals surface area contributed by atoms with Crippen molar-refractivity contribution in [2.45, 2.75) is 25.9 Å². The predicted octanol–water partition coefficient (Wildman–Crippen LogP) is 3.71. The summed E-state index contributed by atoms with van der Waals surface area (Å²) in [7, 11) is 1.29. The van der Waals surface area contributed by atoms with Gasteiger partial charge >= 0.3 is 11.9 Å². The molecule has 0 aromatic heterocycles. The van der Waals surface area contributed by atoms with Crippen LogP contribution in [0.4, 0.5) is 4.39 Å². The van der Waals surface area contributed by atoms with E-state index in [0.29, 0.717) is 23.1 Å². The first-order chi connectivity index (χ1) is 12.5. The highest BCUT2D eigenvalue weighted by atomic mass is 19.1. The minimum absolute atomic E-state index is 0.0373. The lowest BCUT2D eigenvalue weighted by Crippen LogP contribution is -2.07. The molecule has 0 aliphatic carbocycles. The molecule has 0 bridgehead atoms. The Labute approximate surface area is 150 Å². The molecule has 136 valence electrons. The van der Waals surface area contributed by atoms with Gasteiger partial charge in [0.1, 0.15) is 12.4 Å². The van der Waals surface area contributed by atoms with Crippen LogP contribution in [0.3, 0.4) is 0 Å². The van der Waals surface area contributed by atoms with Crippen molar-refractivity contribution in [3.8, 4) is 0 Å². The number of hydrogen-bond acceptors (Lipinski definition) is 5. The van der Waals surface area contributed by atoms with Crippen LogP contribution in [-0.2, 0) is 20.9 Å². The molecule has 0 atom stereocenters. The van der Waals surface area contributed by atoms with Crippen molar-refractivity contribution in [3.63, 3.8) is 0 Å². The third-order valence-electron chi connectivity index (χ3n) is 3.70. The van der Waals surface area contributed by atoms with Crippen molar-refractivity contribution in [2.24, 2.45) is 0 Å². The van der Waals surface area contributed by atoms with Crippen LogP contribution in [0.25, 0.3) is 0 Å². The van der Waals surface area contributed by atoms with E-state index in [2.05, 4.69) is 4.74 Å². The summed E-state index contributed by atoms with van der Waals surface area (Å²) >= 11 is 0. The van der Waals surface area contributed by atoms with Crippen molar-refractivity contribution in [1.29, 1.82) is 0 Å². The van der Waals surface area contributed by atoms with Crippen LogP contribution >= 0.6 is 0 Å². The summed E-state index contributed by atoms with van der Waals surface area (Å²) in [5, 5.41) is 0. The van der Waals surface area contributed by atoms with Crippen LogP contribution in [0, 0.1) is 5.82 Å². The largest absolute Gasteiger partial charge is 0.465 e. The van der Waals surface area contributed by atoms with Gasteiger partial charge in [-0.25, -0.2) is 9.18 Å². The van der Waals surface area contributed by atoms with Gasteiger partial charge in [-0.2, -0.15) is 0 Å². The summed E-state index contributed by atoms with van der Waals surface area (Å²) < 4.78 is 22.6. The van der Waals surface area contributed by atoms with Crippen molar-refractivity contribution in [1.82, 2.24) is 0 Å². The summed E-state index contributed by atoms with van der Waals surface area (Å²) in [4.78, 5) is 35.2. The first kappa shape index (κ1) is 19.3. The maximum absolute atomic E-state index is 12.8. The number of carbonyl (C=O) groups is 3. The van der Waals surface area contributed by atoms with Gasteiger partial charge in [-0.05, 0) is 48.4 Å². The van der Waals surface area contributed by atoms with Crippen molar-refractivity contribution >= 4 is 17.7 Å². The lowest BCUT2D eigenvalue weighted by Gasteiger charge is -2.06. The predicted molar refractivity (Wildman–Crippen MR) is 92.2 cm³/mol. The minimum atomic E-state index is -0.461. The number of esters is 2. The summed E-state index contributed by atoms with van der Waals surface area (Å²) in [6, 6.07) is 11.9. The average Bonchev–Trinajstić information content (AvgIpc) is 2.66. The fraction of sp³-hybridized carbons (Fsp3) is 0.250. The number of ether oxygens (including phenoxy) is 2. The van der Waals surface area contributed by atoms with Crippen LogP contribution in [0.5, 0.6) is 0 Å². The van der Waals surface area contributed by atoms with Crippen LogP contribution < -0.4 is 0 Å². The number of ketones is 1. The number of carbonyl (C=O) groups excluding carboxylic acids is 3. The molecular weight excluding hydrogens is 339 g/mol. The number of methoxy groups -OCH3 is 1. The van der Waals surface area contributed by atoms with Gasteiger partial charge in [0.25, 0.3) is 0 Å². The molecule has 26 heavy (non-hydrogen) atoms. The molecule has 0 fully saturated rings. The number of hydrogen-bond donors (Lipinski definition) is 0. The van der Waals surface area contributed by atoms with Crippen LogP contribution in [-0.4, -0.2) is 24.8 Å². The Morgan fingerprint density at radius 3 is 2.38 bits per heavy atom. The lowest BCUT2D eigenvalue weighted by molar-refractivity contribution is -0.145. The zero-order valence-electron chi connectivity index (χ0n) is 14.4. The summed E-state index contributed by atoms with van der Waals surface area (Å²) in [6.07, 6.45) is 0.624. The molecule has 0 aliphatic rings. The Morgan fingerprint density at radius 1 is 0.962 bits per heavy atom. The number of benzene rings is 2. The van der Waals surface area contributed by atoms with Gasteiger partial charge in [0, 0.05) is 18.4 Å². The molecule has 0 saturated carbocycles. The van der Waals surface area contributed by atoms with Gasteiger partial charge in [0.05, 0.1) is 12.7 Å². The molecular formula is C20H19FO5. The second kappa shape index (κ2) is 9.46. The molecule has 0 heterocycles. The quantitative estimate of drug-likeness (QED) is 0.531. The molecule has 0 amide bonds. The van der Waals surface area contributed by atoms with E-state index in [1.54, 1.807) is 24.3 Å². The topological polar surface area (TPSA) is 69.7 Å². The average molecular weight is 358 g/mol. The summed E-state index contributed by atoms with van der Waals surface area (Å²) in [5.41, 5.74) is 1.47. The third kappa shape index (κ3) is 5.81. The number of Topliss-reactive ketones (excluding diaryl/α,β-unsaturated/α-hetero) is 1. The van der Waals surface area contributed by atoms with E-state index >= 15 is 0 Å². The molecule has 0 unspecified atom stereocenters. The van der Waals surface area contributed by atoms with E-state index in [1.165, 1.54) is 31.4 Å². The fourth-order valence-corrected chi connectivity index (χ4v) is 2.32. The molecule has 2 aromatic rings. The molecule has 0 aliphatic heterocycles. The van der Waals surface area contributed by atoms with E-state index in [-0.39, 0.29) is 25.2 Å². The van der Waals surface area contributed by atoms with E-state index in [4.69, 9.17) is 4.74 Å². The highest BCUT2D eigenvalue weighted by molar-refractivity contribution is 5.96. The Hall–Kier alpha value is -3.02. The highest BCUT2D eigenvalue weighted by Gasteiger charge is 2.10. The molecule has 2 rings (SSSR count). The Kier molecular flexibility index (Phi) is 7.02. The second-order valence-corrected chi connectivity index (χ2v) is 5.64. The fourth-order valence-electron chi connectivity index (χ4n) is 2.32. The molecule has 0 N–H and O–H groups in total. The number of halogens is 1. The van der Waals surface area contributed by atoms with Crippen LogP contribution in [0.1, 0.15) is 45.5 Å². The maximum atomic E-state index is 12.8. The Bertz CT molecular complexity index is 783. The number of rotatable bonds is 8. The van der Waals surface area contributed by atoms with Gasteiger partial charge < -0.3 is 9.47 Å². The van der Waals surface area contributed by atoms with Gasteiger partial charge in [-0.3, -0.25) is 9.59 Å². The molecule has 0 saturated heterocycles. The first-order valence-corrected chi connectivity index (χ1v) is 8.11. The van der Waals surface area contributed by atoms with E-state index in [9.17, 15) is 18.8 Å². The minimum Gasteiger partial charge on any atom is -0.465 e. The summed E-state index contributed by atoms with van der Waals surface area (Å²) in [5.74, 6) is -1.44. The molecule has 0 radical (unpaired) electrons. The van der Waals surface area contributed by atoms with E-state index in [1.807, 2.05) is 0 Å². The van der Waals surface area contributed by atoms with Crippen LogP contribution in [0.2, 0.25) is 0 Å². The van der Waals surface area contributed by atoms with Gasteiger partial charge in [-0.1, -0.05) is 12.1 Å². The lowest BCUT2D eigenvalue weighted by atomic mass is 10.1. The Morgan fingerprint density at radius 2 is 1.69 bits per heavy atom. The molecule has 5 nitrogen and oxygen atoms in total. The van der Waals surface area contributed by atoms with Gasteiger partial charge in [-0.15, -0.1) is 0 Å². The zero-order chi connectivity index (χ0) is 18.9. The first-order valence-electron chi connectivity index (χ1n) is 8.11. The monoisotopic (exact) mass is 358 g/mol. The standard InChI is InChI=1S/C20H19FO5/c1-25-20(24)16-5-2-4-14(12-16)13-26-19(23)7-3-6-18(22)15-8-10-17(21)11-9-15/h2,4-5,8-12H,3,6-7,13H2,1H3. The smallest absolute Gasteiger partial charge is 0.337 e. The third-order valence-corrected chi connectivity index (χ3v) is 3.70. The van der Waals surface area contributed by atoms with Crippen LogP contribution in [0.15, 0.2) is 48.5 Å². The van der Waals surface area contributed by atoms with Crippen molar-refractivity contribution in [2.75, 3.05) is 7.11 Å².